The van der Waals surface area contributed by atoms with Crippen molar-refractivity contribution < 1.29 is 28.8 Å². The molecule has 5 heteroatoms. The summed E-state index contributed by atoms with van der Waals surface area (Å²) < 4.78 is -0.718. The third-order valence-electron chi connectivity index (χ3n) is 0.178. The van der Waals surface area contributed by atoms with Crippen LogP contribution in [-0.2, 0) is 4.79 Å². The van der Waals surface area contributed by atoms with Gasteiger partial charge in [0, 0.05) is 0 Å². The van der Waals surface area contributed by atoms with E-state index in [2.05, 4.69) is 31.9 Å². The van der Waals surface area contributed by atoms with Crippen molar-refractivity contribution in [1.82, 2.24) is 0 Å². The van der Waals surface area contributed by atoms with E-state index in [9.17, 15) is 9.90 Å². The monoisotopic (exact) mass is 222 g/mol. The second-order valence-electron chi connectivity index (χ2n) is 0.620. The standard InChI is InChI=1S/C2H2Br2O2.Li/c3-1(4)2(5)6;/h1H,(H,5,6);/q;+1/p-1. The number of halogens is 2. The molecule has 0 aromatic rings. The molecule has 0 aliphatic rings. The summed E-state index contributed by atoms with van der Waals surface area (Å²) in [4.78, 5) is 9.49. The smallest absolute Gasteiger partial charge is 0.548 e. The van der Waals surface area contributed by atoms with E-state index in [0.29, 0.717) is 0 Å². The number of aliphatic carboxylic acids is 1. The Kier molecular flexibility index (Phi) is 8.06. The Morgan fingerprint density at radius 3 is 1.71 bits per heavy atom. The molecule has 0 bridgehead atoms. The van der Waals surface area contributed by atoms with E-state index < -0.39 is 9.71 Å². The first-order chi connectivity index (χ1) is 2.64. The number of hydrogen-bond acceptors (Lipinski definition) is 2. The summed E-state index contributed by atoms with van der Waals surface area (Å²) in [5.74, 6) is -1.16. The maximum Gasteiger partial charge on any atom is 1.00 e. The first-order valence-corrected chi connectivity index (χ1v) is 2.96. The predicted octanol–water partition coefficient (Wildman–Crippen LogP) is -3.14. The van der Waals surface area contributed by atoms with Gasteiger partial charge in [0.1, 0.15) is 3.74 Å². The van der Waals surface area contributed by atoms with Crippen molar-refractivity contribution in [1.29, 1.82) is 0 Å². The molecule has 0 N–H and O–H groups in total. The van der Waals surface area contributed by atoms with Crippen molar-refractivity contribution in [3.05, 3.63) is 0 Å². The van der Waals surface area contributed by atoms with Crippen LogP contribution in [0.3, 0.4) is 0 Å². The largest absolute Gasteiger partial charge is 1.00 e. The summed E-state index contributed by atoms with van der Waals surface area (Å²) in [6.07, 6.45) is 0. The number of alkyl halides is 2. The van der Waals surface area contributed by atoms with Gasteiger partial charge in [-0.1, -0.05) is 31.9 Å². The fourth-order valence-electron chi connectivity index (χ4n) is 0. The van der Waals surface area contributed by atoms with Crippen molar-refractivity contribution in [2.24, 2.45) is 0 Å². The zero-order valence-electron chi connectivity index (χ0n) is 3.65. The minimum absolute atomic E-state index is 0. The molecule has 0 spiro atoms. The van der Waals surface area contributed by atoms with Gasteiger partial charge in [0.25, 0.3) is 0 Å². The molecule has 7 heavy (non-hydrogen) atoms. The fourth-order valence-corrected chi connectivity index (χ4v) is 0. The third kappa shape index (κ3) is 7.03. The van der Waals surface area contributed by atoms with E-state index in [1.807, 2.05) is 0 Å². The third-order valence-corrected chi connectivity index (χ3v) is 0.926. The zero-order chi connectivity index (χ0) is 5.15. The van der Waals surface area contributed by atoms with Crippen LogP contribution in [0.1, 0.15) is 0 Å². The van der Waals surface area contributed by atoms with Gasteiger partial charge in [0.05, 0.1) is 5.97 Å². The van der Waals surface area contributed by atoms with Crippen LogP contribution in [0.5, 0.6) is 0 Å². The average Bonchev–Trinajstić information content (AvgIpc) is 1.36. The van der Waals surface area contributed by atoms with Crippen LogP contribution in [0.15, 0.2) is 0 Å². The molecule has 0 aliphatic heterocycles. The molecule has 0 saturated heterocycles. The van der Waals surface area contributed by atoms with Crippen LogP contribution >= 0.6 is 31.9 Å². The minimum atomic E-state index is -1.16. The Morgan fingerprint density at radius 1 is 1.57 bits per heavy atom. The summed E-state index contributed by atoms with van der Waals surface area (Å²) in [6.45, 7) is 0. The van der Waals surface area contributed by atoms with E-state index in [1.165, 1.54) is 0 Å². The Hall–Kier alpha value is 1.03. The second kappa shape index (κ2) is 5.17. The van der Waals surface area contributed by atoms with Crippen molar-refractivity contribution >= 4 is 37.8 Å². The second-order valence-corrected chi connectivity index (χ2v) is 3.68. The van der Waals surface area contributed by atoms with Crippen LogP contribution in [0.2, 0.25) is 0 Å². The SMILES string of the molecule is O=C([O-])C(Br)Br.[Li+]. The molecule has 2 nitrogen and oxygen atoms in total. The Morgan fingerprint density at radius 2 is 1.71 bits per heavy atom. The molecule has 0 saturated carbocycles. The summed E-state index contributed by atoms with van der Waals surface area (Å²) in [5.41, 5.74) is 0. The Balaban J connectivity index is 0. The Bertz CT molecular complexity index is 64.7. The van der Waals surface area contributed by atoms with Crippen LogP contribution in [0.25, 0.3) is 0 Å². The van der Waals surface area contributed by atoms with Crippen LogP contribution in [-0.4, -0.2) is 9.71 Å². The van der Waals surface area contributed by atoms with Crippen molar-refractivity contribution in [2.75, 3.05) is 0 Å². The van der Waals surface area contributed by atoms with Crippen LogP contribution in [0.4, 0.5) is 0 Å². The molecule has 0 atom stereocenters. The minimum Gasteiger partial charge on any atom is -0.548 e. The molecule has 36 valence electrons. The number of carboxylic acid groups (broad SMARTS) is 1. The quantitative estimate of drug-likeness (QED) is 0.348. The van der Waals surface area contributed by atoms with Gasteiger partial charge in [-0.15, -0.1) is 0 Å². The fraction of sp³-hybridized carbons (Fsp3) is 0.500. The van der Waals surface area contributed by atoms with Crippen molar-refractivity contribution in [2.45, 2.75) is 3.74 Å². The van der Waals surface area contributed by atoms with Gasteiger partial charge in [0.2, 0.25) is 0 Å². The maximum absolute atomic E-state index is 9.49. The van der Waals surface area contributed by atoms with E-state index in [-0.39, 0.29) is 18.9 Å². The first kappa shape index (κ1) is 10.9. The molecular weight excluding hydrogens is 223 g/mol. The predicted molar refractivity (Wildman–Crippen MR) is 26.6 cm³/mol. The van der Waals surface area contributed by atoms with Crippen molar-refractivity contribution in [3.8, 4) is 0 Å². The molecule has 0 rings (SSSR count). The van der Waals surface area contributed by atoms with Gasteiger partial charge < -0.3 is 9.90 Å². The number of carbonyl (C=O) groups excluding carboxylic acids is 1. The van der Waals surface area contributed by atoms with E-state index >= 15 is 0 Å². The Labute approximate surface area is 70.1 Å². The van der Waals surface area contributed by atoms with Gasteiger partial charge in [-0.3, -0.25) is 0 Å². The summed E-state index contributed by atoms with van der Waals surface area (Å²) >= 11 is 5.39. The average molecular weight is 224 g/mol. The van der Waals surface area contributed by atoms with E-state index in [0.717, 1.165) is 0 Å². The molecule has 0 aromatic heterocycles. The van der Waals surface area contributed by atoms with Gasteiger partial charge in [0.15, 0.2) is 0 Å². The summed E-state index contributed by atoms with van der Waals surface area (Å²) in [5, 5.41) is 9.49. The van der Waals surface area contributed by atoms with Crippen molar-refractivity contribution in [3.63, 3.8) is 0 Å². The van der Waals surface area contributed by atoms with Gasteiger partial charge in [-0.2, -0.15) is 0 Å². The van der Waals surface area contributed by atoms with Crippen LogP contribution in [0, 0.1) is 0 Å². The summed E-state index contributed by atoms with van der Waals surface area (Å²) in [6, 6.07) is 0. The molecule has 0 aliphatic carbocycles. The molecule has 0 fully saturated rings. The molecule has 0 amide bonds. The van der Waals surface area contributed by atoms with Gasteiger partial charge in [-0.25, -0.2) is 0 Å². The number of rotatable bonds is 1. The molecule has 0 unspecified atom stereocenters. The molecule has 0 aromatic carbocycles. The van der Waals surface area contributed by atoms with E-state index in [4.69, 9.17) is 0 Å². The molecule has 0 radical (unpaired) electrons. The van der Waals surface area contributed by atoms with Gasteiger partial charge >= 0.3 is 18.9 Å². The first-order valence-electron chi connectivity index (χ1n) is 1.13. The van der Waals surface area contributed by atoms with Gasteiger partial charge in [-0.05, 0) is 0 Å². The number of carbonyl (C=O) groups is 1. The molecule has 0 heterocycles. The van der Waals surface area contributed by atoms with Crippen LogP contribution < -0.4 is 24.0 Å². The molecular formula is C2HBr2LiO2. The maximum atomic E-state index is 9.49. The van der Waals surface area contributed by atoms with E-state index in [1.54, 1.807) is 0 Å². The number of carboxylic acids is 1. The normalized spacial score (nSPS) is 7.86. The zero-order valence-corrected chi connectivity index (χ0v) is 6.82. The topological polar surface area (TPSA) is 40.1 Å². The number of hydrogen-bond donors (Lipinski definition) is 0. The summed E-state index contributed by atoms with van der Waals surface area (Å²) in [7, 11) is 0.